The molecule has 6 heteroatoms. The summed E-state index contributed by atoms with van der Waals surface area (Å²) in [5, 5.41) is 3.64. The lowest BCUT2D eigenvalue weighted by molar-refractivity contribution is -0.140. The number of benzene rings is 3. The summed E-state index contributed by atoms with van der Waals surface area (Å²) < 4.78 is 0. The van der Waals surface area contributed by atoms with E-state index in [2.05, 4.69) is 10.3 Å². The fourth-order valence-corrected chi connectivity index (χ4v) is 4.15. The zero-order valence-electron chi connectivity index (χ0n) is 19.9. The van der Waals surface area contributed by atoms with Gasteiger partial charge in [0.25, 0.3) is 0 Å². The molecule has 1 aromatic heterocycles. The van der Waals surface area contributed by atoms with Crippen molar-refractivity contribution in [1.82, 2.24) is 15.2 Å². The van der Waals surface area contributed by atoms with Crippen LogP contribution < -0.4 is 5.32 Å². The molecule has 1 unspecified atom stereocenters. The van der Waals surface area contributed by atoms with Crippen molar-refractivity contribution in [2.75, 3.05) is 0 Å². The lowest BCUT2D eigenvalue weighted by atomic mass is 10.0. The SMILES string of the molecule is O=C(NCc1cccnc1)C(Cc1ccccc1)N(Cc1ccccc1)C(=O)Cc1ccc(Cl)cc1. The monoisotopic (exact) mass is 497 g/mol. The average molecular weight is 498 g/mol. The summed E-state index contributed by atoms with van der Waals surface area (Å²) in [4.78, 5) is 33.1. The topological polar surface area (TPSA) is 62.3 Å². The molecule has 36 heavy (non-hydrogen) atoms. The lowest BCUT2D eigenvalue weighted by Crippen LogP contribution is -2.50. The number of pyridine rings is 1. The molecule has 0 aliphatic heterocycles. The number of hydrogen-bond acceptors (Lipinski definition) is 3. The second-order valence-electron chi connectivity index (χ2n) is 8.60. The molecule has 1 N–H and O–H groups in total. The van der Waals surface area contributed by atoms with Crippen LogP contribution in [0.4, 0.5) is 0 Å². The van der Waals surface area contributed by atoms with Crippen molar-refractivity contribution in [1.29, 1.82) is 0 Å². The van der Waals surface area contributed by atoms with Crippen LogP contribution in [0.25, 0.3) is 0 Å². The van der Waals surface area contributed by atoms with Crippen molar-refractivity contribution in [2.24, 2.45) is 0 Å². The van der Waals surface area contributed by atoms with E-state index in [0.717, 1.165) is 22.3 Å². The molecule has 2 amide bonds. The van der Waals surface area contributed by atoms with Crippen molar-refractivity contribution in [2.45, 2.75) is 32.0 Å². The second-order valence-corrected chi connectivity index (χ2v) is 9.03. The molecular formula is C30H28ClN3O2. The number of halogens is 1. The van der Waals surface area contributed by atoms with Crippen LogP contribution in [0.15, 0.2) is 109 Å². The Morgan fingerprint density at radius 1 is 0.778 bits per heavy atom. The summed E-state index contributed by atoms with van der Waals surface area (Å²) in [6.45, 7) is 0.660. The summed E-state index contributed by atoms with van der Waals surface area (Å²) in [6, 6.07) is 29.8. The highest BCUT2D eigenvalue weighted by molar-refractivity contribution is 6.30. The van der Waals surface area contributed by atoms with Gasteiger partial charge in [0, 0.05) is 36.9 Å². The summed E-state index contributed by atoms with van der Waals surface area (Å²) in [5.41, 5.74) is 3.68. The van der Waals surface area contributed by atoms with E-state index in [1.54, 1.807) is 29.4 Å². The van der Waals surface area contributed by atoms with E-state index in [4.69, 9.17) is 11.6 Å². The second kappa shape index (κ2) is 12.7. The number of nitrogens with zero attached hydrogens (tertiary/aromatic N) is 2. The van der Waals surface area contributed by atoms with Crippen LogP contribution in [0.2, 0.25) is 5.02 Å². The third kappa shape index (κ3) is 7.27. The molecule has 4 rings (SSSR count). The number of aromatic nitrogens is 1. The number of rotatable bonds is 10. The lowest BCUT2D eigenvalue weighted by Gasteiger charge is -2.31. The minimum atomic E-state index is -0.691. The molecule has 0 aliphatic carbocycles. The first-order valence-corrected chi connectivity index (χ1v) is 12.2. The molecule has 182 valence electrons. The fourth-order valence-electron chi connectivity index (χ4n) is 4.02. The first kappa shape index (κ1) is 25.1. The molecule has 1 atom stereocenters. The van der Waals surface area contributed by atoms with Crippen LogP contribution in [0.3, 0.4) is 0 Å². The summed E-state index contributed by atoms with van der Waals surface area (Å²) in [7, 11) is 0. The predicted octanol–water partition coefficient (Wildman–Crippen LogP) is 5.23. The van der Waals surface area contributed by atoms with E-state index in [-0.39, 0.29) is 18.2 Å². The van der Waals surface area contributed by atoms with Gasteiger partial charge in [0.1, 0.15) is 6.04 Å². The summed E-state index contributed by atoms with van der Waals surface area (Å²) >= 11 is 6.03. The maximum Gasteiger partial charge on any atom is 0.243 e. The third-order valence-corrected chi connectivity index (χ3v) is 6.18. The first-order valence-electron chi connectivity index (χ1n) is 11.9. The Hall–Kier alpha value is -3.96. The molecule has 0 aliphatic rings. The van der Waals surface area contributed by atoms with E-state index < -0.39 is 6.04 Å². The fraction of sp³-hybridized carbons (Fsp3) is 0.167. The molecule has 0 bridgehead atoms. The quantitative estimate of drug-likeness (QED) is 0.326. The van der Waals surface area contributed by atoms with E-state index >= 15 is 0 Å². The van der Waals surface area contributed by atoms with Gasteiger partial charge in [-0.25, -0.2) is 0 Å². The Bertz CT molecular complexity index is 1250. The van der Waals surface area contributed by atoms with Crippen molar-refractivity contribution >= 4 is 23.4 Å². The van der Waals surface area contributed by atoms with E-state index in [9.17, 15) is 9.59 Å². The van der Waals surface area contributed by atoms with Gasteiger partial charge in [-0.2, -0.15) is 0 Å². The van der Waals surface area contributed by atoms with Gasteiger partial charge in [0.15, 0.2) is 0 Å². The number of hydrogen-bond donors (Lipinski definition) is 1. The van der Waals surface area contributed by atoms with Crippen molar-refractivity contribution in [3.05, 3.63) is 137 Å². The van der Waals surface area contributed by atoms with Crippen LogP contribution >= 0.6 is 11.6 Å². The van der Waals surface area contributed by atoms with Gasteiger partial charge in [-0.15, -0.1) is 0 Å². The molecular weight excluding hydrogens is 470 g/mol. The average Bonchev–Trinajstić information content (AvgIpc) is 2.92. The van der Waals surface area contributed by atoms with Gasteiger partial charge in [-0.05, 0) is 40.5 Å². The van der Waals surface area contributed by atoms with Crippen LogP contribution in [0, 0.1) is 0 Å². The molecule has 0 saturated carbocycles. The number of amides is 2. The van der Waals surface area contributed by atoms with Crippen LogP contribution in [0.5, 0.6) is 0 Å². The summed E-state index contributed by atoms with van der Waals surface area (Å²) in [5.74, 6) is -0.332. The number of carbonyl (C=O) groups is 2. The Kier molecular flexibility index (Phi) is 8.84. The minimum absolute atomic E-state index is 0.126. The smallest absolute Gasteiger partial charge is 0.243 e. The number of nitrogens with one attached hydrogen (secondary N) is 1. The first-order chi connectivity index (χ1) is 17.6. The predicted molar refractivity (Wildman–Crippen MR) is 142 cm³/mol. The van der Waals surface area contributed by atoms with Gasteiger partial charge < -0.3 is 10.2 Å². The zero-order valence-corrected chi connectivity index (χ0v) is 20.6. The molecule has 5 nitrogen and oxygen atoms in total. The van der Waals surface area contributed by atoms with E-state index in [1.165, 1.54) is 0 Å². The van der Waals surface area contributed by atoms with Crippen molar-refractivity contribution in [3.63, 3.8) is 0 Å². The van der Waals surface area contributed by atoms with Crippen molar-refractivity contribution in [3.8, 4) is 0 Å². The zero-order chi connectivity index (χ0) is 25.2. The maximum absolute atomic E-state index is 13.7. The Labute approximate surface area is 216 Å². The molecule has 4 aromatic rings. The van der Waals surface area contributed by atoms with Gasteiger partial charge in [0.2, 0.25) is 11.8 Å². The van der Waals surface area contributed by atoms with Gasteiger partial charge >= 0.3 is 0 Å². The van der Waals surface area contributed by atoms with Crippen LogP contribution in [-0.4, -0.2) is 27.7 Å². The molecule has 3 aromatic carbocycles. The van der Waals surface area contributed by atoms with Gasteiger partial charge in [-0.3, -0.25) is 14.6 Å². The Morgan fingerprint density at radius 2 is 1.42 bits per heavy atom. The molecule has 0 fully saturated rings. The van der Waals surface area contributed by atoms with Crippen LogP contribution in [-0.2, 0) is 35.5 Å². The van der Waals surface area contributed by atoms with E-state index in [1.807, 2.05) is 84.9 Å². The molecule has 0 saturated heterocycles. The number of carbonyl (C=O) groups excluding carboxylic acids is 2. The Morgan fingerprint density at radius 3 is 2.06 bits per heavy atom. The highest BCUT2D eigenvalue weighted by atomic mass is 35.5. The van der Waals surface area contributed by atoms with Crippen molar-refractivity contribution < 1.29 is 9.59 Å². The molecule has 1 heterocycles. The minimum Gasteiger partial charge on any atom is -0.350 e. The van der Waals surface area contributed by atoms with Crippen LogP contribution in [0.1, 0.15) is 22.3 Å². The summed E-state index contributed by atoms with van der Waals surface area (Å²) in [6.07, 6.45) is 3.99. The largest absolute Gasteiger partial charge is 0.350 e. The highest BCUT2D eigenvalue weighted by Gasteiger charge is 2.30. The maximum atomic E-state index is 13.7. The highest BCUT2D eigenvalue weighted by Crippen LogP contribution is 2.18. The normalized spacial score (nSPS) is 11.5. The standard InChI is InChI=1S/C30H28ClN3O2/c31-27-15-13-24(14-16-27)19-29(35)34(22-25-10-5-2-6-11-25)28(18-23-8-3-1-4-9-23)30(36)33-21-26-12-7-17-32-20-26/h1-17,20,28H,18-19,21-22H2,(H,33,36). The van der Waals surface area contributed by atoms with Gasteiger partial charge in [-0.1, -0.05) is 90.5 Å². The Balaban J connectivity index is 1.63. The van der Waals surface area contributed by atoms with Gasteiger partial charge in [0.05, 0.1) is 6.42 Å². The molecule has 0 radical (unpaired) electrons. The molecule has 0 spiro atoms. The van der Waals surface area contributed by atoms with E-state index in [0.29, 0.717) is 24.5 Å². The third-order valence-electron chi connectivity index (χ3n) is 5.92.